The van der Waals surface area contributed by atoms with Crippen LogP contribution in [0.25, 0.3) is 10.9 Å². The van der Waals surface area contributed by atoms with Gasteiger partial charge in [0.1, 0.15) is 0 Å². The lowest BCUT2D eigenvalue weighted by Gasteiger charge is -2.34. The van der Waals surface area contributed by atoms with Crippen LogP contribution in [0.3, 0.4) is 0 Å². The molecule has 2 aliphatic rings. The van der Waals surface area contributed by atoms with Crippen molar-refractivity contribution >= 4 is 28.2 Å². The molecule has 1 atom stereocenters. The minimum Gasteiger partial charge on any atom is -0.369 e. The van der Waals surface area contributed by atoms with E-state index in [-0.39, 0.29) is 17.5 Å². The van der Waals surface area contributed by atoms with Crippen molar-refractivity contribution in [2.45, 2.75) is 39.7 Å². The molecule has 7 nitrogen and oxygen atoms in total. The van der Waals surface area contributed by atoms with Gasteiger partial charge in [-0.3, -0.25) is 9.59 Å². The molecule has 7 heteroatoms. The van der Waals surface area contributed by atoms with Gasteiger partial charge in [-0.15, -0.1) is 0 Å². The maximum absolute atomic E-state index is 13.3. The number of aryl methyl sites for hydroxylation is 2. The zero-order chi connectivity index (χ0) is 24.7. The number of rotatable bonds is 4. The van der Waals surface area contributed by atoms with Crippen molar-refractivity contribution in [2.24, 2.45) is 5.10 Å². The molecule has 1 aromatic heterocycles. The molecule has 182 valence electrons. The predicted octanol–water partition coefficient (Wildman–Crippen LogP) is 3.98. The van der Waals surface area contributed by atoms with Crippen LogP contribution in [-0.2, 0) is 4.79 Å². The molecule has 1 N–H and O–H groups in total. The SMILES string of the molecule is CCC(=O)N1N=C(c2c(C)c3ccc(N4CCN(C)CC4)cc3[nH]c2=O)C[C@@H]1c1ccc(C)cc1. The molecule has 1 fully saturated rings. The monoisotopic (exact) mass is 471 g/mol. The van der Waals surface area contributed by atoms with Crippen LogP contribution in [0.15, 0.2) is 52.4 Å². The van der Waals surface area contributed by atoms with Crippen molar-refractivity contribution in [2.75, 3.05) is 38.1 Å². The van der Waals surface area contributed by atoms with Gasteiger partial charge in [-0.25, -0.2) is 5.01 Å². The maximum Gasteiger partial charge on any atom is 0.257 e. The van der Waals surface area contributed by atoms with Crippen LogP contribution in [0.4, 0.5) is 5.69 Å². The van der Waals surface area contributed by atoms with E-state index in [0.717, 1.165) is 53.9 Å². The zero-order valence-electron chi connectivity index (χ0n) is 21.0. The fourth-order valence-electron chi connectivity index (χ4n) is 5.16. The van der Waals surface area contributed by atoms with Crippen LogP contribution in [0.2, 0.25) is 0 Å². The Bertz CT molecular complexity index is 1350. The maximum atomic E-state index is 13.3. The molecule has 0 aliphatic carbocycles. The molecule has 0 bridgehead atoms. The molecule has 5 rings (SSSR count). The molecule has 1 saturated heterocycles. The number of hydrogen-bond acceptors (Lipinski definition) is 5. The fraction of sp³-hybridized carbons (Fsp3) is 0.393. The number of hydrazone groups is 1. The van der Waals surface area contributed by atoms with Crippen LogP contribution in [0.1, 0.15) is 48.1 Å². The van der Waals surface area contributed by atoms with Crippen LogP contribution >= 0.6 is 0 Å². The highest BCUT2D eigenvalue weighted by Crippen LogP contribution is 2.34. The number of piperazine rings is 1. The van der Waals surface area contributed by atoms with Gasteiger partial charge >= 0.3 is 0 Å². The molecule has 0 spiro atoms. The molecule has 0 radical (unpaired) electrons. The first-order valence-electron chi connectivity index (χ1n) is 12.4. The summed E-state index contributed by atoms with van der Waals surface area (Å²) in [6.07, 6.45) is 0.880. The van der Waals surface area contributed by atoms with E-state index >= 15 is 0 Å². The average molecular weight is 472 g/mol. The second-order valence-electron chi connectivity index (χ2n) is 9.74. The van der Waals surface area contributed by atoms with Gasteiger partial charge in [0.25, 0.3) is 5.56 Å². The second-order valence-corrected chi connectivity index (χ2v) is 9.74. The number of carbonyl (C=O) groups is 1. The summed E-state index contributed by atoms with van der Waals surface area (Å²) in [6.45, 7) is 9.87. The number of hydrogen-bond donors (Lipinski definition) is 1. The number of likely N-dealkylation sites (N-methyl/N-ethyl adjacent to an activating group) is 1. The van der Waals surface area contributed by atoms with E-state index in [1.54, 1.807) is 5.01 Å². The number of pyridine rings is 1. The largest absolute Gasteiger partial charge is 0.369 e. The van der Waals surface area contributed by atoms with Crippen molar-refractivity contribution < 1.29 is 4.79 Å². The fourth-order valence-corrected chi connectivity index (χ4v) is 5.16. The van der Waals surface area contributed by atoms with Gasteiger partial charge in [-0.1, -0.05) is 42.8 Å². The van der Waals surface area contributed by atoms with Gasteiger partial charge < -0.3 is 14.8 Å². The van der Waals surface area contributed by atoms with Crippen molar-refractivity contribution in [1.82, 2.24) is 14.9 Å². The van der Waals surface area contributed by atoms with Gasteiger partial charge in [0.15, 0.2) is 0 Å². The van der Waals surface area contributed by atoms with Crippen LogP contribution in [0.5, 0.6) is 0 Å². The molecular formula is C28H33N5O2. The Balaban J connectivity index is 1.52. The highest BCUT2D eigenvalue weighted by atomic mass is 16.2. The number of carbonyl (C=O) groups excluding carboxylic acids is 1. The molecule has 1 amide bonds. The second kappa shape index (κ2) is 9.30. The van der Waals surface area contributed by atoms with Gasteiger partial charge in [-0.05, 0) is 44.2 Å². The molecule has 3 aromatic rings. The number of fused-ring (bicyclic) bond motifs is 1. The highest BCUT2D eigenvalue weighted by molar-refractivity contribution is 6.06. The number of aromatic amines is 1. The summed E-state index contributed by atoms with van der Waals surface area (Å²) in [5.74, 6) is -0.0442. The van der Waals surface area contributed by atoms with Crippen LogP contribution in [-0.4, -0.2) is 59.7 Å². The van der Waals surface area contributed by atoms with Crippen LogP contribution < -0.4 is 10.5 Å². The van der Waals surface area contributed by atoms with Gasteiger partial charge in [0.2, 0.25) is 5.91 Å². The van der Waals surface area contributed by atoms with Gasteiger partial charge in [-0.2, -0.15) is 5.10 Å². The lowest BCUT2D eigenvalue weighted by molar-refractivity contribution is -0.132. The summed E-state index contributed by atoms with van der Waals surface area (Å²) in [4.78, 5) is 33.9. The molecule has 0 unspecified atom stereocenters. The number of anilines is 1. The number of amides is 1. The van der Waals surface area contributed by atoms with Gasteiger partial charge in [0.05, 0.1) is 22.8 Å². The Morgan fingerprint density at radius 1 is 1.06 bits per heavy atom. The Morgan fingerprint density at radius 3 is 2.46 bits per heavy atom. The Labute approximate surface area is 206 Å². The molecule has 3 heterocycles. The van der Waals surface area contributed by atoms with E-state index in [1.807, 2.05) is 45.0 Å². The van der Waals surface area contributed by atoms with Crippen LogP contribution in [0, 0.1) is 13.8 Å². The average Bonchev–Trinajstić information content (AvgIpc) is 3.29. The molecule has 2 aliphatic heterocycles. The van der Waals surface area contributed by atoms with Crippen molar-refractivity contribution in [1.29, 1.82) is 0 Å². The zero-order valence-corrected chi connectivity index (χ0v) is 21.0. The third-order valence-electron chi connectivity index (χ3n) is 7.34. The molecule has 0 saturated carbocycles. The summed E-state index contributed by atoms with van der Waals surface area (Å²) in [5, 5.41) is 7.28. The summed E-state index contributed by atoms with van der Waals surface area (Å²) in [5.41, 5.74) is 6.16. The van der Waals surface area contributed by atoms with E-state index < -0.39 is 0 Å². The third-order valence-corrected chi connectivity index (χ3v) is 7.34. The highest BCUT2D eigenvalue weighted by Gasteiger charge is 2.34. The summed E-state index contributed by atoms with van der Waals surface area (Å²) >= 11 is 0. The van der Waals surface area contributed by atoms with E-state index in [0.29, 0.717) is 24.1 Å². The quantitative estimate of drug-likeness (QED) is 0.625. The smallest absolute Gasteiger partial charge is 0.257 e. The van der Waals surface area contributed by atoms with Crippen molar-refractivity contribution in [3.05, 3.63) is 75.1 Å². The number of aromatic nitrogens is 1. The first-order valence-corrected chi connectivity index (χ1v) is 12.4. The minimum atomic E-state index is -0.202. The number of nitrogens with one attached hydrogen (secondary N) is 1. The number of benzene rings is 2. The normalized spacial score (nSPS) is 18.9. The Kier molecular flexibility index (Phi) is 6.19. The lowest BCUT2D eigenvalue weighted by Crippen LogP contribution is -2.44. The number of H-pyrrole nitrogens is 1. The lowest BCUT2D eigenvalue weighted by atomic mass is 9.94. The number of nitrogens with zero attached hydrogens (tertiary/aromatic N) is 4. The molecular weight excluding hydrogens is 438 g/mol. The minimum absolute atomic E-state index is 0.0442. The Morgan fingerprint density at radius 2 is 1.77 bits per heavy atom. The summed E-state index contributed by atoms with van der Waals surface area (Å²) in [6, 6.07) is 14.3. The topological polar surface area (TPSA) is 72.0 Å². The summed E-state index contributed by atoms with van der Waals surface area (Å²) < 4.78 is 0. The third kappa shape index (κ3) is 4.36. The molecule has 35 heavy (non-hydrogen) atoms. The van der Waals surface area contributed by atoms with E-state index in [1.165, 1.54) is 5.56 Å². The van der Waals surface area contributed by atoms with E-state index in [4.69, 9.17) is 5.10 Å². The standard InChI is InChI=1S/C28H33N5O2/c1-5-26(34)33-25(20-8-6-18(2)7-9-20)17-24(30-33)27-19(3)22-11-10-21(16-23(22)29-28(27)35)32-14-12-31(4)13-15-32/h6-11,16,25H,5,12-15,17H2,1-4H3,(H,29,35)/t25-/m1/s1. The van der Waals surface area contributed by atoms with E-state index in [9.17, 15) is 9.59 Å². The van der Waals surface area contributed by atoms with E-state index in [2.05, 4.69) is 40.0 Å². The Hall–Kier alpha value is -3.45. The summed E-state index contributed by atoms with van der Waals surface area (Å²) in [7, 11) is 2.14. The first kappa shape index (κ1) is 23.3. The predicted molar refractivity (Wildman–Crippen MR) is 141 cm³/mol. The van der Waals surface area contributed by atoms with Gasteiger partial charge in [0, 0.05) is 50.1 Å². The van der Waals surface area contributed by atoms with Crippen molar-refractivity contribution in [3.8, 4) is 0 Å². The first-order chi connectivity index (χ1) is 16.9. The molecule has 2 aromatic carbocycles. The van der Waals surface area contributed by atoms with Crippen molar-refractivity contribution in [3.63, 3.8) is 0 Å².